The van der Waals surface area contributed by atoms with Gasteiger partial charge in [-0.15, -0.1) is 0 Å². The van der Waals surface area contributed by atoms with Crippen LogP contribution in [-0.4, -0.2) is 30.3 Å². The Bertz CT molecular complexity index is 527. The number of ether oxygens (including phenoxy) is 2. The third-order valence-electron chi connectivity index (χ3n) is 3.17. The molecule has 0 unspecified atom stereocenters. The fourth-order valence-corrected chi connectivity index (χ4v) is 2.22. The molecule has 0 aliphatic carbocycles. The van der Waals surface area contributed by atoms with Crippen LogP contribution in [0.5, 0.6) is 11.5 Å². The topological polar surface area (TPSA) is 76.1 Å². The standard InChI is InChI=1S/C12H11NO5/c14-11-8(12(15)16)3-4-13(11)7-1-2-9-10(5-7)18-6-17-9/h1-2,5,8H,3-4,6H2,(H,15,16)/t8-/m0/s1. The molecule has 1 fully saturated rings. The van der Waals surface area contributed by atoms with E-state index in [1.807, 2.05) is 0 Å². The molecule has 3 rings (SSSR count). The summed E-state index contributed by atoms with van der Waals surface area (Å²) in [6.45, 7) is 0.583. The van der Waals surface area contributed by atoms with Crippen LogP contribution in [-0.2, 0) is 9.59 Å². The monoisotopic (exact) mass is 249 g/mol. The SMILES string of the molecule is O=C(O)[C@H]1CCN(c2ccc3c(c2)OCO3)C1=O. The lowest BCUT2D eigenvalue weighted by molar-refractivity contribution is -0.144. The Hall–Kier alpha value is -2.24. The highest BCUT2D eigenvalue weighted by molar-refractivity contribution is 6.07. The quantitative estimate of drug-likeness (QED) is 0.786. The van der Waals surface area contributed by atoms with Crippen molar-refractivity contribution in [1.29, 1.82) is 0 Å². The van der Waals surface area contributed by atoms with Crippen molar-refractivity contribution in [3.63, 3.8) is 0 Å². The summed E-state index contributed by atoms with van der Waals surface area (Å²) in [6.07, 6.45) is 0.336. The number of nitrogens with zero attached hydrogens (tertiary/aromatic N) is 1. The van der Waals surface area contributed by atoms with Crippen LogP contribution in [0.3, 0.4) is 0 Å². The number of hydrogen-bond donors (Lipinski definition) is 1. The number of anilines is 1. The summed E-state index contributed by atoms with van der Waals surface area (Å²) >= 11 is 0. The Morgan fingerprint density at radius 2 is 2.11 bits per heavy atom. The lowest BCUT2D eigenvalue weighted by atomic mass is 10.1. The van der Waals surface area contributed by atoms with Gasteiger partial charge in [-0.25, -0.2) is 0 Å². The number of carbonyl (C=O) groups is 2. The van der Waals surface area contributed by atoms with Gasteiger partial charge in [-0.2, -0.15) is 0 Å². The van der Waals surface area contributed by atoms with Gasteiger partial charge in [0, 0.05) is 18.3 Å². The van der Waals surface area contributed by atoms with E-state index in [1.165, 1.54) is 4.90 Å². The van der Waals surface area contributed by atoms with Gasteiger partial charge in [0.15, 0.2) is 11.5 Å². The van der Waals surface area contributed by atoms with E-state index in [2.05, 4.69) is 0 Å². The van der Waals surface area contributed by atoms with Crippen LogP contribution < -0.4 is 14.4 Å². The maximum atomic E-state index is 11.9. The number of carboxylic acids is 1. The zero-order chi connectivity index (χ0) is 12.7. The number of carboxylic acid groups (broad SMARTS) is 1. The van der Waals surface area contributed by atoms with Gasteiger partial charge in [-0.3, -0.25) is 9.59 Å². The van der Waals surface area contributed by atoms with Gasteiger partial charge in [-0.1, -0.05) is 0 Å². The van der Waals surface area contributed by atoms with Crippen LogP contribution in [0.4, 0.5) is 5.69 Å². The molecule has 1 atom stereocenters. The molecule has 2 aliphatic heterocycles. The Labute approximate surface area is 103 Å². The van der Waals surface area contributed by atoms with Gasteiger partial charge >= 0.3 is 5.97 Å². The predicted molar refractivity (Wildman–Crippen MR) is 60.7 cm³/mol. The van der Waals surface area contributed by atoms with E-state index in [-0.39, 0.29) is 12.7 Å². The number of hydrogen-bond acceptors (Lipinski definition) is 4. The molecule has 18 heavy (non-hydrogen) atoms. The van der Waals surface area contributed by atoms with Crippen LogP contribution >= 0.6 is 0 Å². The van der Waals surface area contributed by atoms with Crippen molar-refractivity contribution < 1.29 is 24.2 Å². The van der Waals surface area contributed by atoms with E-state index in [4.69, 9.17) is 14.6 Å². The Morgan fingerprint density at radius 3 is 2.83 bits per heavy atom. The fourth-order valence-electron chi connectivity index (χ4n) is 2.22. The number of benzene rings is 1. The lowest BCUT2D eigenvalue weighted by Gasteiger charge is -2.16. The van der Waals surface area contributed by atoms with Gasteiger partial charge < -0.3 is 19.5 Å². The maximum absolute atomic E-state index is 11.9. The number of amides is 1. The second kappa shape index (κ2) is 3.90. The zero-order valence-electron chi connectivity index (χ0n) is 9.46. The first-order valence-electron chi connectivity index (χ1n) is 5.60. The molecule has 1 amide bonds. The molecule has 0 bridgehead atoms. The van der Waals surface area contributed by atoms with E-state index >= 15 is 0 Å². The first-order chi connectivity index (χ1) is 8.66. The number of carbonyl (C=O) groups excluding carboxylic acids is 1. The van der Waals surface area contributed by atoms with Crippen LogP contribution in [0.15, 0.2) is 18.2 Å². The normalized spacial score (nSPS) is 21.4. The Balaban J connectivity index is 1.88. The Kier molecular flexibility index (Phi) is 2.36. The molecule has 1 N–H and O–H groups in total. The van der Waals surface area contributed by atoms with Crippen molar-refractivity contribution in [3.05, 3.63) is 18.2 Å². The Morgan fingerprint density at radius 1 is 1.33 bits per heavy atom. The second-order valence-electron chi connectivity index (χ2n) is 4.21. The van der Waals surface area contributed by atoms with Crippen molar-refractivity contribution in [1.82, 2.24) is 0 Å². The molecule has 2 aliphatic rings. The van der Waals surface area contributed by atoms with Gasteiger partial charge in [-0.05, 0) is 18.6 Å². The molecule has 6 heteroatoms. The largest absolute Gasteiger partial charge is 0.481 e. The molecule has 6 nitrogen and oxygen atoms in total. The average Bonchev–Trinajstić information content (AvgIpc) is 2.93. The number of rotatable bonds is 2. The van der Waals surface area contributed by atoms with Crippen molar-refractivity contribution in [2.75, 3.05) is 18.2 Å². The zero-order valence-corrected chi connectivity index (χ0v) is 9.46. The van der Waals surface area contributed by atoms with E-state index in [9.17, 15) is 9.59 Å². The summed E-state index contributed by atoms with van der Waals surface area (Å²) in [5, 5.41) is 8.91. The van der Waals surface area contributed by atoms with Crippen LogP contribution in [0.1, 0.15) is 6.42 Å². The lowest BCUT2D eigenvalue weighted by Crippen LogP contribution is -2.30. The first-order valence-corrected chi connectivity index (χ1v) is 5.60. The summed E-state index contributed by atoms with van der Waals surface area (Å²) in [7, 11) is 0. The molecular formula is C12H11NO5. The summed E-state index contributed by atoms with van der Waals surface area (Å²) < 4.78 is 10.4. The highest BCUT2D eigenvalue weighted by Crippen LogP contribution is 2.37. The van der Waals surface area contributed by atoms with E-state index in [0.717, 1.165) is 0 Å². The van der Waals surface area contributed by atoms with Crippen molar-refractivity contribution in [3.8, 4) is 11.5 Å². The smallest absolute Gasteiger partial charge is 0.316 e. The molecule has 0 radical (unpaired) electrons. The van der Waals surface area contributed by atoms with Gasteiger partial charge in [0.25, 0.3) is 0 Å². The van der Waals surface area contributed by atoms with E-state index < -0.39 is 11.9 Å². The maximum Gasteiger partial charge on any atom is 0.316 e. The molecule has 94 valence electrons. The van der Waals surface area contributed by atoms with Gasteiger partial charge in [0.2, 0.25) is 12.7 Å². The molecule has 1 saturated heterocycles. The van der Waals surface area contributed by atoms with Crippen molar-refractivity contribution in [2.24, 2.45) is 5.92 Å². The third-order valence-corrected chi connectivity index (χ3v) is 3.17. The molecule has 2 heterocycles. The summed E-state index contributed by atoms with van der Waals surface area (Å²) in [5.74, 6) is -1.15. The summed E-state index contributed by atoms with van der Waals surface area (Å²) in [4.78, 5) is 24.3. The number of fused-ring (bicyclic) bond motifs is 1. The third kappa shape index (κ3) is 1.57. The van der Waals surface area contributed by atoms with E-state index in [0.29, 0.717) is 30.2 Å². The first kappa shape index (κ1) is 10.9. The van der Waals surface area contributed by atoms with Crippen molar-refractivity contribution >= 4 is 17.6 Å². The van der Waals surface area contributed by atoms with Gasteiger partial charge in [0.1, 0.15) is 5.92 Å². The fraction of sp³-hybridized carbons (Fsp3) is 0.333. The molecule has 0 aromatic heterocycles. The summed E-state index contributed by atoms with van der Waals surface area (Å²) in [6, 6.07) is 5.15. The summed E-state index contributed by atoms with van der Waals surface area (Å²) in [5.41, 5.74) is 0.646. The second-order valence-corrected chi connectivity index (χ2v) is 4.21. The van der Waals surface area contributed by atoms with E-state index in [1.54, 1.807) is 18.2 Å². The molecule has 1 aromatic carbocycles. The molecule has 0 spiro atoms. The minimum absolute atomic E-state index is 0.171. The predicted octanol–water partition coefficient (Wildman–Crippen LogP) is 0.853. The van der Waals surface area contributed by atoms with Crippen LogP contribution in [0.2, 0.25) is 0 Å². The highest BCUT2D eigenvalue weighted by Gasteiger charge is 2.37. The highest BCUT2D eigenvalue weighted by atomic mass is 16.7. The molecular weight excluding hydrogens is 238 g/mol. The van der Waals surface area contributed by atoms with Crippen molar-refractivity contribution in [2.45, 2.75) is 6.42 Å². The van der Waals surface area contributed by atoms with Crippen LogP contribution in [0, 0.1) is 5.92 Å². The molecule has 0 saturated carbocycles. The molecule has 1 aromatic rings. The number of aliphatic carboxylic acids is 1. The van der Waals surface area contributed by atoms with Crippen LogP contribution in [0.25, 0.3) is 0 Å². The minimum Gasteiger partial charge on any atom is -0.481 e. The van der Waals surface area contributed by atoms with Gasteiger partial charge in [0.05, 0.1) is 0 Å². The average molecular weight is 249 g/mol. The minimum atomic E-state index is -1.07.